The van der Waals surface area contributed by atoms with Gasteiger partial charge in [0.15, 0.2) is 0 Å². The number of anilines is 1. The van der Waals surface area contributed by atoms with Gasteiger partial charge in [-0.2, -0.15) is 0 Å². The fourth-order valence-electron chi connectivity index (χ4n) is 3.01. The van der Waals surface area contributed by atoms with Gasteiger partial charge in [0.1, 0.15) is 12.4 Å². The molecule has 0 unspecified atom stereocenters. The Kier molecular flexibility index (Phi) is 8.00. The number of aryl methyl sites for hydroxylation is 3. The Balaban J connectivity index is 1.90. The van der Waals surface area contributed by atoms with Gasteiger partial charge in [-0.15, -0.1) is 0 Å². The number of carbonyl (C=O) groups excluding carboxylic acids is 1. The van der Waals surface area contributed by atoms with Crippen LogP contribution in [-0.4, -0.2) is 64.4 Å². The van der Waals surface area contributed by atoms with E-state index in [0.717, 1.165) is 21.2 Å². The number of carbonyl (C=O) groups is 1. The Morgan fingerprint density at radius 3 is 2.23 bits per heavy atom. The van der Waals surface area contributed by atoms with Crippen molar-refractivity contribution in [3.8, 4) is 5.75 Å². The highest BCUT2D eigenvalue weighted by Crippen LogP contribution is 2.22. The van der Waals surface area contributed by atoms with Crippen molar-refractivity contribution >= 4 is 21.6 Å². The van der Waals surface area contributed by atoms with Crippen LogP contribution in [0.1, 0.15) is 16.7 Å². The number of nitrogens with one attached hydrogen (secondary N) is 1. The molecule has 2 aromatic carbocycles. The molecule has 7 nitrogen and oxygen atoms in total. The molecule has 0 saturated carbocycles. The van der Waals surface area contributed by atoms with Gasteiger partial charge in [0.25, 0.3) is 0 Å². The van der Waals surface area contributed by atoms with Crippen LogP contribution in [0.3, 0.4) is 0 Å². The monoisotopic (exact) mass is 433 g/mol. The summed E-state index contributed by atoms with van der Waals surface area (Å²) in [5.74, 6) is 0.598. The van der Waals surface area contributed by atoms with E-state index in [-0.39, 0.29) is 17.3 Å². The molecule has 164 valence electrons. The molecule has 8 heteroatoms. The average Bonchev–Trinajstić information content (AvgIpc) is 2.62. The van der Waals surface area contributed by atoms with E-state index in [4.69, 9.17) is 4.74 Å². The van der Waals surface area contributed by atoms with E-state index in [2.05, 4.69) is 11.4 Å². The third-order valence-corrected chi connectivity index (χ3v) is 6.54. The maximum atomic E-state index is 12.4. The molecular formula is C22H31N3O4S. The molecule has 0 aromatic heterocycles. The molecular weight excluding hydrogens is 402 g/mol. The van der Waals surface area contributed by atoms with Crippen LogP contribution >= 0.6 is 0 Å². The summed E-state index contributed by atoms with van der Waals surface area (Å²) in [6, 6.07) is 10.9. The lowest BCUT2D eigenvalue weighted by molar-refractivity contribution is -0.117. The van der Waals surface area contributed by atoms with Crippen LogP contribution in [0.4, 0.5) is 5.69 Å². The largest absolute Gasteiger partial charge is 0.492 e. The second-order valence-corrected chi connectivity index (χ2v) is 9.85. The standard InChI is InChI=1S/C22H31N3O4S/c1-16-11-17(2)13-20(12-16)29-10-9-25(6)15-22(26)23-19-8-7-18(3)21(14-19)30(27,28)24(4)5/h7-8,11-14H,9-10,15H2,1-6H3,(H,23,26). The van der Waals surface area contributed by atoms with Crippen LogP contribution in [0.5, 0.6) is 5.75 Å². The Hall–Kier alpha value is -2.42. The van der Waals surface area contributed by atoms with Crippen molar-refractivity contribution in [3.63, 3.8) is 0 Å². The first-order valence-corrected chi connectivity index (χ1v) is 11.2. The molecule has 0 saturated heterocycles. The predicted molar refractivity (Wildman–Crippen MR) is 120 cm³/mol. The average molecular weight is 434 g/mol. The summed E-state index contributed by atoms with van der Waals surface area (Å²) in [5, 5.41) is 2.77. The topological polar surface area (TPSA) is 79.0 Å². The van der Waals surface area contributed by atoms with Crippen LogP contribution in [0.15, 0.2) is 41.3 Å². The molecule has 2 aromatic rings. The zero-order chi connectivity index (χ0) is 22.5. The smallest absolute Gasteiger partial charge is 0.242 e. The highest BCUT2D eigenvalue weighted by atomic mass is 32.2. The first-order chi connectivity index (χ1) is 14.0. The van der Waals surface area contributed by atoms with E-state index >= 15 is 0 Å². The first kappa shape index (κ1) is 23.9. The number of likely N-dealkylation sites (N-methyl/N-ethyl adjacent to an activating group) is 1. The highest BCUT2D eigenvalue weighted by molar-refractivity contribution is 7.89. The minimum atomic E-state index is -3.58. The number of sulfonamides is 1. The molecule has 0 aliphatic carbocycles. The minimum absolute atomic E-state index is 0.167. The van der Waals surface area contributed by atoms with E-state index in [1.165, 1.54) is 20.2 Å². The molecule has 2 rings (SSSR count). The molecule has 0 aliphatic rings. The van der Waals surface area contributed by atoms with Gasteiger partial charge in [-0.1, -0.05) is 12.1 Å². The van der Waals surface area contributed by atoms with Crippen molar-refractivity contribution in [2.75, 3.05) is 46.2 Å². The quantitative estimate of drug-likeness (QED) is 0.658. The number of amides is 1. The molecule has 0 spiro atoms. The number of ether oxygens (including phenoxy) is 1. The Morgan fingerprint density at radius 1 is 1.00 bits per heavy atom. The van der Waals surface area contributed by atoms with Gasteiger partial charge in [-0.3, -0.25) is 9.69 Å². The minimum Gasteiger partial charge on any atom is -0.492 e. The number of hydrogen-bond donors (Lipinski definition) is 1. The molecule has 0 radical (unpaired) electrons. The number of benzene rings is 2. The van der Waals surface area contributed by atoms with Crippen molar-refractivity contribution in [1.82, 2.24) is 9.21 Å². The van der Waals surface area contributed by atoms with Crippen LogP contribution in [-0.2, 0) is 14.8 Å². The van der Waals surface area contributed by atoms with Crippen LogP contribution in [0, 0.1) is 20.8 Å². The summed E-state index contributed by atoms with van der Waals surface area (Å²) in [5.41, 5.74) is 3.37. The second-order valence-electron chi connectivity index (χ2n) is 7.73. The fourth-order valence-corrected chi connectivity index (χ4v) is 4.16. The fraction of sp³-hybridized carbons (Fsp3) is 0.409. The van der Waals surface area contributed by atoms with Gasteiger partial charge in [-0.25, -0.2) is 12.7 Å². The Labute approximate surface area is 179 Å². The maximum Gasteiger partial charge on any atom is 0.242 e. The van der Waals surface area contributed by atoms with Gasteiger partial charge in [0.2, 0.25) is 15.9 Å². The Bertz CT molecular complexity index is 983. The lowest BCUT2D eigenvalue weighted by Crippen LogP contribution is -2.33. The third kappa shape index (κ3) is 6.55. The van der Waals surface area contributed by atoms with E-state index < -0.39 is 10.0 Å². The van der Waals surface area contributed by atoms with Gasteiger partial charge in [-0.05, 0) is 68.8 Å². The molecule has 1 amide bonds. The number of hydrogen-bond acceptors (Lipinski definition) is 5. The lowest BCUT2D eigenvalue weighted by atomic mass is 10.1. The van der Waals surface area contributed by atoms with Crippen molar-refractivity contribution in [2.24, 2.45) is 0 Å². The summed E-state index contributed by atoms with van der Waals surface area (Å²) in [6.45, 7) is 6.98. The van der Waals surface area contributed by atoms with Crippen molar-refractivity contribution in [3.05, 3.63) is 53.1 Å². The van der Waals surface area contributed by atoms with Gasteiger partial charge in [0.05, 0.1) is 11.4 Å². The van der Waals surface area contributed by atoms with Crippen LogP contribution in [0.2, 0.25) is 0 Å². The van der Waals surface area contributed by atoms with Gasteiger partial charge in [0, 0.05) is 26.3 Å². The van der Waals surface area contributed by atoms with Gasteiger partial charge >= 0.3 is 0 Å². The van der Waals surface area contributed by atoms with Gasteiger partial charge < -0.3 is 10.1 Å². The van der Waals surface area contributed by atoms with E-state index in [9.17, 15) is 13.2 Å². The summed E-state index contributed by atoms with van der Waals surface area (Å²) in [6.07, 6.45) is 0. The first-order valence-electron chi connectivity index (χ1n) is 9.71. The number of rotatable bonds is 9. The van der Waals surface area contributed by atoms with Crippen LogP contribution in [0.25, 0.3) is 0 Å². The second kappa shape index (κ2) is 10.1. The maximum absolute atomic E-state index is 12.4. The molecule has 0 fully saturated rings. The van der Waals surface area contributed by atoms with E-state index in [1.807, 2.05) is 37.9 Å². The molecule has 1 N–H and O–H groups in total. The summed E-state index contributed by atoms with van der Waals surface area (Å²) in [4.78, 5) is 14.4. The molecule has 0 atom stereocenters. The highest BCUT2D eigenvalue weighted by Gasteiger charge is 2.20. The summed E-state index contributed by atoms with van der Waals surface area (Å²) in [7, 11) is 1.22. The van der Waals surface area contributed by atoms with Crippen molar-refractivity contribution < 1.29 is 17.9 Å². The van der Waals surface area contributed by atoms with E-state index in [1.54, 1.807) is 19.1 Å². The Morgan fingerprint density at radius 2 is 1.63 bits per heavy atom. The lowest BCUT2D eigenvalue weighted by Gasteiger charge is -2.18. The van der Waals surface area contributed by atoms with Crippen LogP contribution < -0.4 is 10.1 Å². The van der Waals surface area contributed by atoms with E-state index in [0.29, 0.717) is 24.4 Å². The summed E-state index contributed by atoms with van der Waals surface area (Å²) < 4.78 is 31.8. The third-order valence-electron chi connectivity index (χ3n) is 4.58. The molecule has 0 heterocycles. The molecule has 30 heavy (non-hydrogen) atoms. The zero-order valence-electron chi connectivity index (χ0n) is 18.5. The SMILES string of the molecule is Cc1cc(C)cc(OCCN(C)CC(=O)Nc2ccc(C)c(S(=O)(=O)N(C)C)c2)c1. The van der Waals surface area contributed by atoms with Crippen molar-refractivity contribution in [2.45, 2.75) is 25.7 Å². The molecule has 0 bridgehead atoms. The molecule has 0 aliphatic heterocycles. The summed E-state index contributed by atoms with van der Waals surface area (Å²) >= 11 is 0. The normalized spacial score (nSPS) is 11.7. The predicted octanol–water partition coefficient (Wildman–Crippen LogP) is 2.81. The zero-order valence-corrected chi connectivity index (χ0v) is 19.3. The van der Waals surface area contributed by atoms with Crippen molar-refractivity contribution in [1.29, 1.82) is 0 Å². The number of nitrogens with zero attached hydrogens (tertiary/aromatic N) is 2.